The molecule has 0 unspecified atom stereocenters. The number of aromatic nitrogens is 1. The highest BCUT2D eigenvalue weighted by Crippen LogP contribution is 2.23. The zero-order valence-corrected chi connectivity index (χ0v) is 19.1. The molecule has 0 aliphatic rings. The number of hydrogen-bond donors (Lipinski definition) is 0. The molecule has 0 atom stereocenters. The Kier molecular flexibility index (Phi) is 7.82. The second-order valence-electron chi connectivity index (χ2n) is 7.46. The molecular weight excluding hydrogens is 396 g/mol. The van der Waals surface area contributed by atoms with E-state index >= 15 is 0 Å². The molecule has 3 rings (SSSR count). The quantitative estimate of drug-likeness (QED) is 0.438. The Bertz CT molecular complexity index is 1080. The largest absolute Gasteiger partial charge is 0.494 e. The van der Waals surface area contributed by atoms with Crippen LogP contribution in [0.1, 0.15) is 47.7 Å². The summed E-state index contributed by atoms with van der Waals surface area (Å²) < 4.78 is 14.3. The lowest BCUT2D eigenvalue weighted by Gasteiger charge is -2.07. The highest BCUT2D eigenvalue weighted by molar-refractivity contribution is 7.16. The lowest BCUT2D eigenvalue weighted by molar-refractivity contribution is 0.0997. The van der Waals surface area contributed by atoms with Gasteiger partial charge in [-0.2, -0.15) is 4.99 Å². The Balaban J connectivity index is 1.94. The van der Waals surface area contributed by atoms with Crippen molar-refractivity contribution < 1.29 is 14.3 Å². The van der Waals surface area contributed by atoms with E-state index in [9.17, 15) is 4.79 Å². The van der Waals surface area contributed by atoms with Crippen molar-refractivity contribution >= 4 is 27.5 Å². The molecule has 0 saturated carbocycles. The normalized spacial score (nSPS) is 11.9. The lowest BCUT2D eigenvalue weighted by atomic mass is 10.1. The van der Waals surface area contributed by atoms with E-state index < -0.39 is 0 Å². The molecule has 0 radical (unpaired) electrons. The van der Waals surface area contributed by atoms with Crippen LogP contribution in [0, 0.1) is 13.8 Å². The average Bonchev–Trinajstić information content (AvgIpc) is 3.07. The predicted molar refractivity (Wildman–Crippen MR) is 123 cm³/mol. The van der Waals surface area contributed by atoms with Gasteiger partial charge in [0.2, 0.25) is 0 Å². The molecule has 0 aliphatic carbocycles. The molecule has 1 heterocycles. The van der Waals surface area contributed by atoms with E-state index in [1.807, 2.05) is 12.1 Å². The minimum atomic E-state index is -0.263. The third kappa shape index (κ3) is 5.37. The van der Waals surface area contributed by atoms with Gasteiger partial charge in [-0.1, -0.05) is 43.2 Å². The fourth-order valence-electron chi connectivity index (χ4n) is 3.41. The summed E-state index contributed by atoms with van der Waals surface area (Å²) in [6, 6.07) is 11.6. The topological polar surface area (TPSA) is 52.8 Å². The SMILES string of the molecule is CCCCCOc1cccc(C(=O)N=c2sc3c(C)cc(C)cc3n2CCOC)c1. The van der Waals surface area contributed by atoms with Crippen molar-refractivity contribution in [3.63, 3.8) is 0 Å². The minimum absolute atomic E-state index is 0.263. The van der Waals surface area contributed by atoms with Crippen molar-refractivity contribution in [1.82, 2.24) is 4.57 Å². The van der Waals surface area contributed by atoms with Crippen LogP contribution in [0.2, 0.25) is 0 Å². The molecule has 0 aliphatic heterocycles. The van der Waals surface area contributed by atoms with Crippen LogP contribution in [-0.2, 0) is 11.3 Å². The molecule has 5 nitrogen and oxygen atoms in total. The maximum Gasteiger partial charge on any atom is 0.279 e. The van der Waals surface area contributed by atoms with Gasteiger partial charge in [0.1, 0.15) is 5.75 Å². The van der Waals surface area contributed by atoms with Gasteiger partial charge in [-0.05, 0) is 55.7 Å². The minimum Gasteiger partial charge on any atom is -0.494 e. The van der Waals surface area contributed by atoms with Crippen LogP contribution in [-0.4, -0.2) is 30.8 Å². The maximum atomic E-state index is 12.9. The first kappa shape index (κ1) is 22.2. The summed E-state index contributed by atoms with van der Waals surface area (Å²) in [4.78, 5) is 18.1. The van der Waals surface area contributed by atoms with Gasteiger partial charge < -0.3 is 14.0 Å². The predicted octanol–water partition coefficient (Wildman–Crippen LogP) is 5.28. The molecule has 0 spiro atoms. The number of fused-ring (bicyclic) bond motifs is 1. The Morgan fingerprint density at radius 1 is 1.13 bits per heavy atom. The number of benzene rings is 2. The number of amides is 1. The molecule has 1 aromatic heterocycles. The Hall–Kier alpha value is -2.44. The Labute approximate surface area is 182 Å². The molecule has 0 fully saturated rings. The molecule has 160 valence electrons. The molecule has 0 bridgehead atoms. The molecule has 3 aromatic rings. The van der Waals surface area contributed by atoms with Crippen molar-refractivity contribution in [2.24, 2.45) is 4.99 Å². The van der Waals surface area contributed by atoms with E-state index in [0.717, 1.165) is 29.5 Å². The number of nitrogens with zero attached hydrogens (tertiary/aromatic N) is 2. The summed E-state index contributed by atoms with van der Waals surface area (Å²) in [6.45, 7) is 8.20. The molecule has 0 saturated heterocycles. The summed E-state index contributed by atoms with van der Waals surface area (Å²) in [7, 11) is 1.68. The summed E-state index contributed by atoms with van der Waals surface area (Å²) in [5.74, 6) is 0.448. The first-order valence-corrected chi connectivity index (χ1v) is 11.3. The van der Waals surface area contributed by atoms with Crippen LogP contribution >= 0.6 is 11.3 Å². The van der Waals surface area contributed by atoms with Crippen LogP contribution in [0.25, 0.3) is 10.2 Å². The van der Waals surface area contributed by atoms with Gasteiger partial charge in [0.15, 0.2) is 4.80 Å². The molecule has 2 aromatic carbocycles. The van der Waals surface area contributed by atoms with Crippen LogP contribution in [0.4, 0.5) is 0 Å². The van der Waals surface area contributed by atoms with E-state index in [4.69, 9.17) is 9.47 Å². The van der Waals surface area contributed by atoms with Crippen LogP contribution in [0.15, 0.2) is 41.4 Å². The maximum absolute atomic E-state index is 12.9. The van der Waals surface area contributed by atoms with Gasteiger partial charge >= 0.3 is 0 Å². The van der Waals surface area contributed by atoms with E-state index in [2.05, 4.69) is 42.5 Å². The first-order chi connectivity index (χ1) is 14.5. The zero-order chi connectivity index (χ0) is 21.5. The molecule has 6 heteroatoms. The van der Waals surface area contributed by atoms with Crippen LogP contribution in [0.3, 0.4) is 0 Å². The fourth-order valence-corrected chi connectivity index (χ4v) is 4.51. The second kappa shape index (κ2) is 10.5. The van der Waals surface area contributed by atoms with Gasteiger partial charge in [0, 0.05) is 19.2 Å². The summed E-state index contributed by atoms with van der Waals surface area (Å²) in [5, 5.41) is 0. The van der Waals surface area contributed by atoms with Crippen LogP contribution in [0.5, 0.6) is 5.75 Å². The number of carbonyl (C=O) groups excluding carboxylic acids is 1. The third-order valence-electron chi connectivity index (χ3n) is 4.93. The molecule has 1 amide bonds. The Morgan fingerprint density at radius 2 is 1.97 bits per heavy atom. The van der Waals surface area contributed by atoms with E-state index in [1.54, 1.807) is 30.6 Å². The number of thiazole rings is 1. The highest BCUT2D eigenvalue weighted by atomic mass is 32.1. The molecular formula is C24H30N2O3S. The molecule has 0 N–H and O–H groups in total. The van der Waals surface area contributed by atoms with E-state index in [0.29, 0.717) is 35.9 Å². The summed E-state index contributed by atoms with van der Waals surface area (Å²) in [5.41, 5.74) is 4.01. The summed E-state index contributed by atoms with van der Waals surface area (Å²) >= 11 is 1.54. The fraction of sp³-hybridized carbons (Fsp3) is 0.417. The first-order valence-electron chi connectivity index (χ1n) is 10.4. The van der Waals surface area contributed by atoms with Gasteiger partial charge in [0.05, 0.1) is 23.4 Å². The number of ether oxygens (including phenoxy) is 2. The van der Waals surface area contributed by atoms with Crippen molar-refractivity contribution in [2.75, 3.05) is 20.3 Å². The smallest absolute Gasteiger partial charge is 0.279 e. The van der Waals surface area contributed by atoms with Crippen molar-refractivity contribution in [3.05, 3.63) is 57.9 Å². The van der Waals surface area contributed by atoms with Gasteiger partial charge in [-0.25, -0.2) is 0 Å². The summed E-state index contributed by atoms with van der Waals surface area (Å²) in [6.07, 6.45) is 3.30. The van der Waals surface area contributed by atoms with Crippen LogP contribution < -0.4 is 9.54 Å². The van der Waals surface area contributed by atoms with E-state index in [1.165, 1.54) is 11.1 Å². The number of aryl methyl sites for hydroxylation is 2. The molecule has 30 heavy (non-hydrogen) atoms. The van der Waals surface area contributed by atoms with Gasteiger partial charge in [-0.3, -0.25) is 4.79 Å². The van der Waals surface area contributed by atoms with Crippen molar-refractivity contribution in [2.45, 2.75) is 46.6 Å². The monoisotopic (exact) mass is 426 g/mol. The average molecular weight is 427 g/mol. The standard InChI is InChI=1S/C24H30N2O3S/c1-5-6-7-12-29-20-10-8-9-19(16-20)23(27)25-24-26(11-13-28-4)21-15-17(2)14-18(3)22(21)30-24/h8-10,14-16H,5-7,11-13H2,1-4H3. The van der Waals surface area contributed by atoms with Crippen molar-refractivity contribution in [1.29, 1.82) is 0 Å². The lowest BCUT2D eigenvalue weighted by Crippen LogP contribution is -2.19. The second-order valence-corrected chi connectivity index (χ2v) is 8.44. The van der Waals surface area contributed by atoms with E-state index in [-0.39, 0.29) is 5.91 Å². The number of carbonyl (C=O) groups is 1. The zero-order valence-electron chi connectivity index (χ0n) is 18.2. The number of methoxy groups -OCH3 is 1. The number of rotatable bonds is 9. The third-order valence-corrected chi connectivity index (χ3v) is 6.16. The van der Waals surface area contributed by atoms with Gasteiger partial charge in [0.25, 0.3) is 5.91 Å². The highest BCUT2D eigenvalue weighted by Gasteiger charge is 2.12. The van der Waals surface area contributed by atoms with Crippen molar-refractivity contribution in [3.8, 4) is 5.75 Å². The van der Waals surface area contributed by atoms with Gasteiger partial charge in [-0.15, -0.1) is 0 Å². The Morgan fingerprint density at radius 3 is 2.73 bits per heavy atom. The number of unbranched alkanes of at least 4 members (excludes halogenated alkanes) is 2. The number of hydrogen-bond acceptors (Lipinski definition) is 4.